The molecule has 1 aliphatic heterocycles. The maximum absolute atomic E-state index is 12.7. The van der Waals surface area contributed by atoms with E-state index in [0.717, 1.165) is 5.69 Å². The van der Waals surface area contributed by atoms with Gasteiger partial charge in [0, 0.05) is 31.5 Å². The standard InChI is InChI=1S/C17H15N3O2S2/c1-11(21)18-12-5-7-13(8-6-12)20-16(22)15(24-17(20)23)10-14-4-3-9-19(14)2/h3-10H,1-2H3,(H,18,21). The molecule has 1 aromatic heterocycles. The number of hydrogen-bond acceptors (Lipinski definition) is 4. The fourth-order valence-corrected chi connectivity index (χ4v) is 3.63. The highest BCUT2D eigenvalue weighted by atomic mass is 32.2. The van der Waals surface area contributed by atoms with Gasteiger partial charge in [0.25, 0.3) is 5.91 Å². The minimum atomic E-state index is -0.140. The van der Waals surface area contributed by atoms with E-state index in [-0.39, 0.29) is 11.8 Å². The molecule has 1 saturated heterocycles. The van der Waals surface area contributed by atoms with E-state index in [1.165, 1.54) is 23.6 Å². The van der Waals surface area contributed by atoms with Gasteiger partial charge in [-0.1, -0.05) is 24.0 Å². The van der Waals surface area contributed by atoms with Gasteiger partial charge in [-0.05, 0) is 42.5 Å². The van der Waals surface area contributed by atoms with Crippen LogP contribution in [-0.2, 0) is 16.6 Å². The molecule has 0 saturated carbocycles. The normalized spacial score (nSPS) is 16.1. The molecule has 1 fully saturated rings. The molecule has 2 aromatic rings. The summed E-state index contributed by atoms with van der Waals surface area (Å²) in [6.45, 7) is 1.45. The van der Waals surface area contributed by atoms with E-state index in [0.29, 0.717) is 20.6 Å². The van der Waals surface area contributed by atoms with Gasteiger partial charge in [0.05, 0.1) is 10.6 Å². The molecule has 2 heterocycles. The van der Waals surface area contributed by atoms with Crippen molar-refractivity contribution in [3.05, 3.63) is 53.2 Å². The zero-order valence-corrected chi connectivity index (χ0v) is 14.8. The second-order valence-electron chi connectivity index (χ2n) is 5.29. The molecule has 1 N–H and O–H groups in total. The Balaban J connectivity index is 1.85. The number of anilines is 2. The van der Waals surface area contributed by atoms with Crippen LogP contribution in [0.25, 0.3) is 6.08 Å². The summed E-state index contributed by atoms with van der Waals surface area (Å²) >= 11 is 6.64. The van der Waals surface area contributed by atoms with Crippen LogP contribution in [0.4, 0.5) is 11.4 Å². The Hall–Kier alpha value is -2.38. The van der Waals surface area contributed by atoms with Gasteiger partial charge in [-0.25, -0.2) is 0 Å². The molecule has 0 unspecified atom stereocenters. The largest absolute Gasteiger partial charge is 0.351 e. The summed E-state index contributed by atoms with van der Waals surface area (Å²) in [5, 5.41) is 2.70. The number of thioether (sulfide) groups is 1. The van der Waals surface area contributed by atoms with Crippen molar-refractivity contribution in [3.63, 3.8) is 0 Å². The smallest absolute Gasteiger partial charge is 0.270 e. The molecule has 5 nitrogen and oxygen atoms in total. The number of carbonyl (C=O) groups is 2. The molecule has 7 heteroatoms. The Labute approximate surface area is 149 Å². The molecule has 24 heavy (non-hydrogen) atoms. The van der Waals surface area contributed by atoms with Crippen molar-refractivity contribution >= 4 is 57.6 Å². The number of benzene rings is 1. The van der Waals surface area contributed by atoms with Gasteiger partial charge in [0.2, 0.25) is 5.91 Å². The topological polar surface area (TPSA) is 54.3 Å². The molecule has 1 aliphatic rings. The van der Waals surface area contributed by atoms with Crippen LogP contribution in [0, 0.1) is 0 Å². The van der Waals surface area contributed by atoms with Gasteiger partial charge in [0.1, 0.15) is 0 Å². The third-order valence-corrected chi connectivity index (χ3v) is 4.80. The molecular formula is C17H15N3O2S2. The fourth-order valence-electron chi connectivity index (χ4n) is 2.35. The quantitative estimate of drug-likeness (QED) is 0.676. The fraction of sp³-hybridized carbons (Fsp3) is 0.118. The van der Waals surface area contributed by atoms with Crippen LogP contribution in [0.15, 0.2) is 47.5 Å². The molecule has 2 amide bonds. The second-order valence-corrected chi connectivity index (χ2v) is 6.96. The molecule has 0 spiro atoms. The lowest BCUT2D eigenvalue weighted by atomic mass is 10.2. The van der Waals surface area contributed by atoms with Gasteiger partial charge < -0.3 is 9.88 Å². The van der Waals surface area contributed by atoms with E-state index >= 15 is 0 Å². The Kier molecular flexibility index (Phi) is 4.55. The molecule has 0 radical (unpaired) electrons. The summed E-state index contributed by atoms with van der Waals surface area (Å²) in [5.41, 5.74) is 2.30. The number of nitrogens with one attached hydrogen (secondary N) is 1. The van der Waals surface area contributed by atoms with Crippen LogP contribution in [0.2, 0.25) is 0 Å². The summed E-state index contributed by atoms with van der Waals surface area (Å²) in [7, 11) is 1.92. The SMILES string of the molecule is CC(=O)Nc1ccc(N2C(=O)C(=Cc3cccn3C)SC2=S)cc1. The van der Waals surface area contributed by atoms with Crippen molar-refractivity contribution in [2.24, 2.45) is 7.05 Å². The monoisotopic (exact) mass is 357 g/mol. The minimum Gasteiger partial charge on any atom is -0.351 e. The number of aryl methyl sites for hydroxylation is 1. The molecule has 1 aromatic carbocycles. The van der Waals surface area contributed by atoms with Crippen LogP contribution < -0.4 is 10.2 Å². The zero-order chi connectivity index (χ0) is 17.3. The maximum atomic E-state index is 12.7. The lowest BCUT2D eigenvalue weighted by molar-refractivity contribution is -0.114. The number of aromatic nitrogens is 1. The van der Waals surface area contributed by atoms with E-state index in [1.54, 1.807) is 24.3 Å². The zero-order valence-electron chi connectivity index (χ0n) is 13.1. The highest BCUT2D eigenvalue weighted by Crippen LogP contribution is 2.36. The summed E-state index contributed by atoms with van der Waals surface area (Å²) in [4.78, 5) is 25.9. The first-order valence-corrected chi connectivity index (χ1v) is 8.45. The van der Waals surface area contributed by atoms with Crippen LogP contribution in [-0.4, -0.2) is 20.7 Å². The van der Waals surface area contributed by atoms with E-state index in [2.05, 4.69) is 5.32 Å². The van der Waals surface area contributed by atoms with Gasteiger partial charge in [-0.15, -0.1) is 0 Å². The highest BCUT2D eigenvalue weighted by molar-refractivity contribution is 8.27. The average molecular weight is 357 g/mol. The van der Waals surface area contributed by atoms with Crippen molar-refractivity contribution in [2.45, 2.75) is 6.92 Å². The van der Waals surface area contributed by atoms with Crippen molar-refractivity contribution in [2.75, 3.05) is 10.2 Å². The molecular weight excluding hydrogens is 342 g/mol. The van der Waals surface area contributed by atoms with E-state index < -0.39 is 0 Å². The molecule has 0 bridgehead atoms. The maximum Gasteiger partial charge on any atom is 0.270 e. The summed E-state index contributed by atoms with van der Waals surface area (Å²) in [6, 6.07) is 10.9. The summed E-state index contributed by atoms with van der Waals surface area (Å²) in [6.07, 6.45) is 3.76. The van der Waals surface area contributed by atoms with E-state index in [9.17, 15) is 9.59 Å². The minimum absolute atomic E-state index is 0.140. The Morgan fingerprint density at radius 1 is 1.25 bits per heavy atom. The van der Waals surface area contributed by atoms with Crippen molar-refractivity contribution in [3.8, 4) is 0 Å². The number of carbonyl (C=O) groups excluding carboxylic acids is 2. The van der Waals surface area contributed by atoms with Crippen molar-refractivity contribution < 1.29 is 9.59 Å². The number of rotatable bonds is 3. The number of thiocarbonyl (C=S) groups is 1. The Bertz CT molecular complexity index is 853. The lowest BCUT2D eigenvalue weighted by Crippen LogP contribution is -2.27. The van der Waals surface area contributed by atoms with Crippen molar-refractivity contribution in [1.82, 2.24) is 4.57 Å². The van der Waals surface area contributed by atoms with E-state index in [4.69, 9.17) is 12.2 Å². The summed E-state index contributed by atoms with van der Waals surface area (Å²) in [5.74, 6) is -0.280. The Morgan fingerprint density at radius 2 is 1.96 bits per heavy atom. The number of nitrogens with zero attached hydrogens (tertiary/aromatic N) is 2. The van der Waals surface area contributed by atoms with E-state index in [1.807, 2.05) is 36.0 Å². The van der Waals surface area contributed by atoms with Crippen LogP contribution in [0.5, 0.6) is 0 Å². The van der Waals surface area contributed by atoms with Gasteiger partial charge in [0.15, 0.2) is 4.32 Å². The van der Waals surface area contributed by atoms with Gasteiger partial charge in [-0.2, -0.15) is 0 Å². The third-order valence-electron chi connectivity index (χ3n) is 3.50. The summed E-state index contributed by atoms with van der Waals surface area (Å²) < 4.78 is 2.43. The predicted molar refractivity (Wildman–Crippen MR) is 102 cm³/mol. The number of hydrogen-bond donors (Lipinski definition) is 1. The van der Waals surface area contributed by atoms with Crippen LogP contribution >= 0.6 is 24.0 Å². The van der Waals surface area contributed by atoms with Gasteiger partial charge in [-0.3, -0.25) is 14.5 Å². The van der Waals surface area contributed by atoms with Gasteiger partial charge >= 0.3 is 0 Å². The predicted octanol–water partition coefficient (Wildman–Crippen LogP) is 3.39. The Morgan fingerprint density at radius 3 is 2.54 bits per heavy atom. The second kappa shape index (κ2) is 6.62. The van der Waals surface area contributed by atoms with Crippen LogP contribution in [0.1, 0.15) is 12.6 Å². The molecule has 0 aliphatic carbocycles. The first-order valence-electron chi connectivity index (χ1n) is 7.22. The third kappa shape index (κ3) is 3.27. The lowest BCUT2D eigenvalue weighted by Gasteiger charge is -2.15. The highest BCUT2D eigenvalue weighted by Gasteiger charge is 2.33. The molecule has 122 valence electrons. The first-order chi connectivity index (χ1) is 11.5. The first kappa shape index (κ1) is 16.5. The molecule has 0 atom stereocenters. The van der Waals surface area contributed by atoms with Crippen molar-refractivity contribution in [1.29, 1.82) is 0 Å². The molecule has 3 rings (SSSR count). The van der Waals surface area contributed by atoms with Crippen LogP contribution in [0.3, 0.4) is 0 Å². The average Bonchev–Trinajstić information content (AvgIpc) is 3.04. The number of amides is 2.